The Labute approximate surface area is 171 Å². The fraction of sp³-hybridized carbons (Fsp3) is 0.391. The Morgan fingerprint density at radius 2 is 1.62 bits per heavy atom. The molecule has 6 heteroatoms. The molecule has 2 aromatic rings. The number of hydrogen-bond acceptors (Lipinski definition) is 4. The molecule has 0 saturated heterocycles. The van der Waals surface area contributed by atoms with Crippen LogP contribution in [0.2, 0.25) is 0 Å². The Hall–Kier alpha value is -3.02. The first kappa shape index (κ1) is 20.7. The number of carbonyl (C=O) groups is 2. The molecule has 2 aromatic carbocycles. The summed E-state index contributed by atoms with van der Waals surface area (Å²) in [6, 6.07) is 11.1. The van der Waals surface area contributed by atoms with Gasteiger partial charge in [-0.2, -0.15) is 0 Å². The number of amides is 2. The largest absolute Gasteiger partial charge is 0.486 e. The maximum Gasteiger partial charge on any atom is 0.251 e. The highest BCUT2D eigenvalue weighted by Gasteiger charge is 2.21. The van der Waals surface area contributed by atoms with Crippen LogP contribution in [0.3, 0.4) is 0 Å². The molecular weight excluding hydrogens is 368 g/mol. The van der Waals surface area contributed by atoms with Gasteiger partial charge < -0.3 is 20.1 Å². The van der Waals surface area contributed by atoms with Crippen molar-refractivity contribution in [2.45, 2.75) is 33.7 Å². The molecule has 154 valence electrons. The van der Waals surface area contributed by atoms with Crippen molar-refractivity contribution < 1.29 is 19.1 Å². The van der Waals surface area contributed by atoms with Crippen LogP contribution in [0, 0.1) is 19.8 Å². The SMILES string of the molecule is Cc1cc(C)cc(C(=O)NCC(=O)N[C@H](c2ccc3c(c2)OCCO3)C(C)C)c1. The summed E-state index contributed by atoms with van der Waals surface area (Å²) in [5, 5.41) is 5.72. The van der Waals surface area contributed by atoms with Crippen LogP contribution in [0.1, 0.15) is 46.9 Å². The molecule has 3 rings (SSSR count). The number of rotatable bonds is 6. The van der Waals surface area contributed by atoms with Crippen LogP contribution in [0.4, 0.5) is 0 Å². The summed E-state index contributed by atoms with van der Waals surface area (Å²) < 4.78 is 11.2. The molecule has 1 heterocycles. The summed E-state index contributed by atoms with van der Waals surface area (Å²) in [4.78, 5) is 24.9. The molecule has 1 atom stereocenters. The topological polar surface area (TPSA) is 76.7 Å². The van der Waals surface area contributed by atoms with E-state index in [1.807, 2.05) is 64.1 Å². The molecule has 2 amide bonds. The van der Waals surface area contributed by atoms with Crippen LogP contribution < -0.4 is 20.1 Å². The summed E-state index contributed by atoms with van der Waals surface area (Å²) in [6.07, 6.45) is 0. The van der Waals surface area contributed by atoms with Crippen molar-refractivity contribution in [1.82, 2.24) is 10.6 Å². The normalized spacial score (nSPS) is 13.7. The second-order valence-electron chi connectivity index (χ2n) is 7.75. The van der Waals surface area contributed by atoms with Gasteiger partial charge in [-0.15, -0.1) is 0 Å². The molecule has 0 saturated carbocycles. The second kappa shape index (κ2) is 8.99. The molecule has 0 unspecified atom stereocenters. The van der Waals surface area contributed by atoms with Crippen molar-refractivity contribution in [2.24, 2.45) is 5.92 Å². The Morgan fingerprint density at radius 3 is 2.28 bits per heavy atom. The standard InChI is InChI=1S/C23H28N2O4/c1-14(2)22(17-5-6-19-20(12-17)29-8-7-28-19)25-21(26)13-24-23(27)18-10-15(3)9-16(4)11-18/h5-6,9-12,14,22H,7-8,13H2,1-4H3,(H,24,27)(H,25,26)/t22-/m0/s1. The van der Waals surface area contributed by atoms with Gasteiger partial charge in [-0.05, 0) is 49.6 Å². The van der Waals surface area contributed by atoms with Gasteiger partial charge in [0.1, 0.15) is 13.2 Å². The molecule has 1 aliphatic rings. The van der Waals surface area contributed by atoms with Crippen LogP contribution in [0.25, 0.3) is 0 Å². The molecule has 1 aliphatic heterocycles. The Morgan fingerprint density at radius 1 is 0.966 bits per heavy atom. The van der Waals surface area contributed by atoms with Crippen LogP contribution in [0.5, 0.6) is 11.5 Å². The van der Waals surface area contributed by atoms with Crippen molar-refractivity contribution in [1.29, 1.82) is 0 Å². The van der Waals surface area contributed by atoms with E-state index < -0.39 is 0 Å². The average Bonchev–Trinajstić information content (AvgIpc) is 2.69. The number of fused-ring (bicyclic) bond motifs is 1. The third-order valence-corrected chi connectivity index (χ3v) is 4.80. The summed E-state index contributed by atoms with van der Waals surface area (Å²) >= 11 is 0. The number of aryl methyl sites for hydroxylation is 2. The van der Waals surface area contributed by atoms with E-state index in [1.165, 1.54) is 0 Å². The van der Waals surface area contributed by atoms with Crippen LogP contribution in [-0.2, 0) is 4.79 Å². The molecule has 0 bridgehead atoms. The van der Waals surface area contributed by atoms with Gasteiger partial charge in [0.2, 0.25) is 5.91 Å². The highest BCUT2D eigenvalue weighted by molar-refractivity contribution is 5.96. The Bertz CT molecular complexity index is 887. The van der Waals surface area contributed by atoms with Gasteiger partial charge in [-0.25, -0.2) is 0 Å². The zero-order chi connectivity index (χ0) is 21.0. The van der Waals surface area contributed by atoms with E-state index in [1.54, 1.807) is 0 Å². The lowest BCUT2D eigenvalue weighted by Crippen LogP contribution is -2.40. The van der Waals surface area contributed by atoms with Gasteiger partial charge >= 0.3 is 0 Å². The molecule has 29 heavy (non-hydrogen) atoms. The average molecular weight is 396 g/mol. The van der Waals surface area contributed by atoms with Crippen molar-refractivity contribution >= 4 is 11.8 Å². The molecule has 0 aromatic heterocycles. The summed E-state index contributed by atoms with van der Waals surface area (Å²) in [5.41, 5.74) is 3.52. The first-order valence-corrected chi connectivity index (χ1v) is 9.89. The number of ether oxygens (including phenoxy) is 2. The van der Waals surface area contributed by atoms with E-state index >= 15 is 0 Å². The number of nitrogens with one attached hydrogen (secondary N) is 2. The van der Waals surface area contributed by atoms with E-state index in [9.17, 15) is 9.59 Å². The predicted molar refractivity (Wildman–Crippen MR) is 111 cm³/mol. The van der Waals surface area contributed by atoms with Crippen LogP contribution in [-0.4, -0.2) is 31.6 Å². The molecule has 0 aliphatic carbocycles. The van der Waals surface area contributed by atoms with Crippen molar-refractivity contribution in [3.8, 4) is 11.5 Å². The Balaban J connectivity index is 1.63. The molecule has 0 fully saturated rings. The fourth-order valence-electron chi connectivity index (χ4n) is 3.48. The minimum absolute atomic E-state index is 0.0837. The maximum absolute atomic E-state index is 12.5. The number of carbonyl (C=O) groups excluding carboxylic acids is 2. The number of hydrogen-bond donors (Lipinski definition) is 2. The molecule has 2 N–H and O–H groups in total. The molecule has 6 nitrogen and oxygen atoms in total. The third-order valence-electron chi connectivity index (χ3n) is 4.80. The number of benzene rings is 2. The second-order valence-corrected chi connectivity index (χ2v) is 7.75. The predicted octanol–water partition coefficient (Wildman–Crippen LogP) is 3.32. The van der Waals surface area contributed by atoms with Gasteiger partial charge in [0.25, 0.3) is 5.91 Å². The van der Waals surface area contributed by atoms with Gasteiger partial charge in [-0.1, -0.05) is 37.1 Å². The lowest BCUT2D eigenvalue weighted by molar-refractivity contribution is -0.121. The van der Waals surface area contributed by atoms with Crippen molar-refractivity contribution in [3.63, 3.8) is 0 Å². The zero-order valence-corrected chi connectivity index (χ0v) is 17.4. The first-order valence-electron chi connectivity index (χ1n) is 9.89. The van der Waals surface area contributed by atoms with Gasteiger partial charge in [0, 0.05) is 5.56 Å². The lowest BCUT2D eigenvalue weighted by atomic mass is 9.95. The first-order chi connectivity index (χ1) is 13.8. The van der Waals surface area contributed by atoms with Gasteiger partial charge in [-0.3, -0.25) is 9.59 Å². The van der Waals surface area contributed by atoms with Crippen molar-refractivity contribution in [3.05, 3.63) is 58.7 Å². The van der Waals surface area contributed by atoms with Gasteiger partial charge in [0.15, 0.2) is 11.5 Å². The summed E-state index contributed by atoms with van der Waals surface area (Å²) in [7, 11) is 0. The van der Waals surface area contributed by atoms with E-state index in [-0.39, 0.29) is 30.3 Å². The monoisotopic (exact) mass is 396 g/mol. The van der Waals surface area contributed by atoms with E-state index in [2.05, 4.69) is 10.6 Å². The van der Waals surface area contributed by atoms with Crippen LogP contribution >= 0.6 is 0 Å². The smallest absolute Gasteiger partial charge is 0.251 e. The lowest BCUT2D eigenvalue weighted by Gasteiger charge is -2.25. The van der Waals surface area contributed by atoms with E-state index in [0.717, 1.165) is 22.4 Å². The summed E-state index contributed by atoms with van der Waals surface area (Å²) in [6.45, 7) is 8.93. The highest BCUT2D eigenvalue weighted by atomic mass is 16.6. The fourth-order valence-corrected chi connectivity index (χ4v) is 3.48. The van der Waals surface area contributed by atoms with E-state index in [0.29, 0.717) is 24.5 Å². The quantitative estimate of drug-likeness (QED) is 0.785. The third kappa shape index (κ3) is 5.28. The summed E-state index contributed by atoms with van der Waals surface area (Å²) in [5.74, 6) is 1.08. The zero-order valence-electron chi connectivity index (χ0n) is 17.4. The van der Waals surface area contributed by atoms with Crippen molar-refractivity contribution in [2.75, 3.05) is 19.8 Å². The molecule has 0 radical (unpaired) electrons. The van der Waals surface area contributed by atoms with Crippen LogP contribution in [0.15, 0.2) is 36.4 Å². The van der Waals surface area contributed by atoms with Gasteiger partial charge in [0.05, 0.1) is 12.6 Å². The van der Waals surface area contributed by atoms with E-state index in [4.69, 9.17) is 9.47 Å². The highest BCUT2D eigenvalue weighted by Crippen LogP contribution is 2.34. The Kier molecular flexibility index (Phi) is 6.42. The maximum atomic E-state index is 12.5. The molecular formula is C23H28N2O4. The minimum Gasteiger partial charge on any atom is -0.486 e. The minimum atomic E-state index is -0.257. The molecule has 0 spiro atoms.